The third kappa shape index (κ3) is 1.88. The van der Waals surface area contributed by atoms with Crippen LogP contribution in [0.4, 0.5) is 0 Å². The molecule has 0 amide bonds. The number of nitrogens with zero attached hydrogens (tertiary/aromatic N) is 1. The van der Waals surface area contributed by atoms with Gasteiger partial charge in [-0.25, -0.2) is 0 Å². The number of hydrogen-bond acceptors (Lipinski definition) is 2. The Morgan fingerprint density at radius 3 is 2.85 bits per heavy atom. The highest BCUT2D eigenvalue weighted by Gasteiger charge is 2.20. The lowest BCUT2D eigenvalue weighted by atomic mass is 10.1. The van der Waals surface area contributed by atoms with Crippen molar-refractivity contribution < 1.29 is 4.74 Å². The SMILES string of the molecule is c1ccc(COc2ccc3c(c2)Cc2cn[nH]c2-3)cc1. The van der Waals surface area contributed by atoms with E-state index in [0.29, 0.717) is 6.61 Å². The van der Waals surface area contributed by atoms with Crippen molar-refractivity contribution in [3.63, 3.8) is 0 Å². The number of fused-ring (bicyclic) bond motifs is 3. The second-order valence-electron chi connectivity index (χ2n) is 5.04. The van der Waals surface area contributed by atoms with Crippen molar-refractivity contribution >= 4 is 0 Å². The third-order valence-corrected chi connectivity index (χ3v) is 3.69. The first kappa shape index (κ1) is 11.3. The summed E-state index contributed by atoms with van der Waals surface area (Å²) in [5, 5.41) is 7.15. The molecule has 1 aliphatic carbocycles. The van der Waals surface area contributed by atoms with Crippen LogP contribution in [0.5, 0.6) is 5.75 Å². The summed E-state index contributed by atoms with van der Waals surface area (Å²) < 4.78 is 5.87. The quantitative estimate of drug-likeness (QED) is 0.613. The molecule has 1 aromatic heterocycles. The molecule has 3 nitrogen and oxygen atoms in total. The van der Waals surface area contributed by atoms with Gasteiger partial charge in [0.2, 0.25) is 0 Å². The van der Waals surface area contributed by atoms with E-state index in [2.05, 4.69) is 34.5 Å². The monoisotopic (exact) mass is 262 g/mol. The van der Waals surface area contributed by atoms with Crippen molar-refractivity contribution in [1.82, 2.24) is 10.2 Å². The first-order chi connectivity index (χ1) is 9.90. The van der Waals surface area contributed by atoms with E-state index < -0.39 is 0 Å². The van der Waals surface area contributed by atoms with Gasteiger partial charge in [-0.3, -0.25) is 5.10 Å². The minimum atomic E-state index is 0.604. The molecule has 0 saturated heterocycles. The molecular weight excluding hydrogens is 248 g/mol. The van der Waals surface area contributed by atoms with Crippen LogP contribution in [0.15, 0.2) is 54.7 Å². The zero-order valence-electron chi connectivity index (χ0n) is 11.0. The number of nitrogens with one attached hydrogen (secondary N) is 1. The summed E-state index contributed by atoms with van der Waals surface area (Å²) in [6.45, 7) is 0.604. The van der Waals surface area contributed by atoms with E-state index in [4.69, 9.17) is 4.74 Å². The molecule has 0 unspecified atom stereocenters. The molecule has 20 heavy (non-hydrogen) atoms. The summed E-state index contributed by atoms with van der Waals surface area (Å²) in [6.07, 6.45) is 2.84. The Kier molecular flexibility index (Phi) is 2.56. The highest BCUT2D eigenvalue weighted by Crippen LogP contribution is 2.36. The molecule has 0 spiro atoms. The molecule has 0 saturated carbocycles. The van der Waals surface area contributed by atoms with Gasteiger partial charge in [0.1, 0.15) is 12.4 Å². The van der Waals surface area contributed by atoms with E-state index in [0.717, 1.165) is 17.9 Å². The number of aromatic amines is 1. The fourth-order valence-electron chi connectivity index (χ4n) is 2.67. The van der Waals surface area contributed by atoms with Crippen molar-refractivity contribution in [2.24, 2.45) is 0 Å². The fraction of sp³-hybridized carbons (Fsp3) is 0.118. The Labute approximate surface area is 117 Å². The van der Waals surface area contributed by atoms with Gasteiger partial charge in [-0.1, -0.05) is 30.3 Å². The molecule has 1 heterocycles. The van der Waals surface area contributed by atoms with Crippen LogP contribution in [-0.2, 0) is 13.0 Å². The van der Waals surface area contributed by atoms with Crippen LogP contribution in [0.25, 0.3) is 11.3 Å². The van der Waals surface area contributed by atoms with Crippen LogP contribution in [0.1, 0.15) is 16.7 Å². The van der Waals surface area contributed by atoms with E-state index in [1.165, 1.54) is 22.3 Å². The highest BCUT2D eigenvalue weighted by atomic mass is 16.5. The maximum absolute atomic E-state index is 5.87. The summed E-state index contributed by atoms with van der Waals surface area (Å²) >= 11 is 0. The molecule has 1 aliphatic rings. The van der Waals surface area contributed by atoms with Crippen LogP contribution in [-0.4, -0.2) is 10.2 Å². The minimum absolute atomic E-state index is 0.604. The van der Waals surface area contributed by atoms with Crippen LogP contribution >= 0.6 is 0 Å². The Morgan fingerprint density at radius 2 is 1.95 bits per heavy atom. The zero-order chi connectivity index (χ0) is 13.4. The molecule has 4 rings (SSSR count). The largest absolute Gasteiger partial charge is 0.489 e. The van der Waals surface area contributed by atoms with Gasteiger partial charge in [0, 0.05) is 17.5 Å². The van der Waals surface area contributed by atoms with Crippen LogP contribution in [0.2, 0.25) is 0 Å². The van der Waals surface area contributed by atoms with Gasteiger partial charge >= 0.3 is 0 Å². The number of H-pyrrole nitrogens is 1. The Hall–Kier alpha value is -2.55. The van der Waals surface area contributed by atoms with Crippen LogP contribution < -0.4 is 4.74 Å². The number of ether oxygens (including phenoxy) is 1. The van der Waals surface area contributed by atoms with Crippen LogP contribution in [0, 0.1) is 0 Å². The molecule has 0 atom stereocenters. The molecule has 0 fully saturated rings. The second-order valence-corrected chi connectivity index (χ2v) is 5.04. The average Bonchev–Trinajstić information content (AvgIpc) is 3.06. The zero-order valence-corrected chi connectivity index (χ0v) is 11.0. The normalized spacial score (nSPS) is 12.0. The summed E-state index contributed by atoms with van der Waals surface area (Å²) in [6, 6.07) is 16.5. The first-order valence-corrected chi connectivity index (χ1v) is 6.72. The Balaban J connectivity index is 1.55. The molecule has 3 aromatic rings. The molecule has 2 aromatic carbocycles. The van der Waals surface area contributed by atoms with Crippen molar-refractivity contribution in [3.05, 3.63) is 71.4 Å². The van der Waals surface area contributed by atoms with E-state index in [9.17, 15) is 0 Å². The standard InChI is InChI=1S/C17H14N2O/c1-2-4-12(5-3-1)11-20-15-6-7-16-13(9-15)8-14-10-18-19-17(14)16/h1-7,9-10H,8,11H2,(H,18,19). The maximum Gasteiger partial charge on any atom is 0.120 e. The van der Waals surface area contributed by atoms with Gasteiger partial charge in [0.15, 0.2) is 0 Å². The second kappa shape index (κ2) is 4.53. The van der Waals surface area contributed by atoms with Gasteiger partial charge in [0.25, 0.3) is 0 Å². The van der Waals surface area contributed by atoms with E-state index in [1.54, 1.807) is 0 Å². The van der Waals surface area contributed by atoms with Gasteiger partial charge in [-0.05, 0) is 29.3 Å². The fourth-order valence-corrected chi connectivity index (χ4v) is 2.67. The lowest BCUT2D eigenvalue weighted by molar-refractivity contribution is 0.306. The first-order valence-electron chi connectivity index (χ1n) is 6.72. The number of rotatable bonds is 3. The van der Waals surface area contributed by atoms with Gasteiger partial charge in [0.05, 0.1) is 11.9 Å². The van der Waals surface area contributed by atoms with Crippen LogP contribution in [0.3, 0.4) is 0 Å². The summed E-state index contributed by atoms with van der Waals surface area (Å²) in [7, 11) is 0. The van der Waals surface area contributed by atoms with Crippen molar-refractivity contribution in [2.45, 2.75) is 13.0 Å². The molecule has 0 radical (unpaired) electrons. The number of benzene rings is 2. The van der Waals surface area contributed by atoms with Gasteiger partial charge in [-0.2, -0.15) is 5.10 Å². The lowest BCUT2D eigenvalue weighted by Crippen LogP contribution is -1.95. The van der Waals surface area contributed by atoms with E-state index >= 15 is 0 Å². The number of aromatic nitrogens is 2. The summed E-state index contributed by atoms with van der Waals surface area (Å²) in [5.74, 6) is 0.922. The molecule has 3 heteroatoms. The van der Waals surface area contributed by atoms with Crippen molar-refractivity contribution in [1.29, 1.82) is 0 Å². The average molecular weight is 262 g/mol. The molecular formula is C17H14N2O. The van der Waals surface area contributed by atoms with Gasteiger partial charge < -0.3 is 4.74 Å². The molecule has 0 bridgehead atoms. The Morgan fingerprint density at radius 1 is 1.05 bits per heavy atom. The minimum Gasteiger partial charge on any atom is -0.489 e. The predicted octanol–water partition coefficient (Wildman–Crippen LogP) is 3.56. The van der Waals surface area contributed by atoms with Crippen molar-refractivity contribution in [2.75, 3.05) is 0 Å². The molecule has 0 aliphatic heterocycles. The highest BCUT2D eigenvalue weighted by molar-refractivity contribution is 5.73. The number of hydrogen-bond donors (Lipinski definition) is 1. The maximum atomic E-state index is 5.87. The predicted molar refractivity (Wildman–Crippen MR) is 77.6 cm³/mol. The van der Waals surface area contributed by atoms with Gasteiger partial charge in [-0.15, -0.1) is 0 Å². The van der Waals surface area contributed by atoms with E-state index in [-0.39, 0.29) is 0 Å². The molecule has 98 valence electrons. The van der Waals surface area contributed by atoms with Crippen molar-refractivity contribution in [3.8, 4) is 17.0 Å². The third-order valence-electron chi connectivity index (χ3n) is 3.69. The lowest BCUT2D eigenvalue weighted by Gasteiger charge is -2.08. The smallest absolute Gasteiger partial charge is 0.120 e. The summed E-state index contributed by atoms with van der Waals surface area (Å²) in [5.41, 5.74) is 6.14. The molecule has 1 N–H and O–H groups in total. The van der Waals surface area contributed by atoms with E-state index in [1.807, 2.05) is 30.5 Å². The Bertz CT molecular complexity index is 747. The topological polar surface area (TPSA) is 37.9 Å². The summed E-state index contributed by atoms with van der Waals surface area (Å²) in [4.78, 5) is 0.